The Morgan fingerprint density at radius 2 is 0.875 bits per heavy atom. The van der Waals surface area contributed by atoms with Crippen LogP contribution in [0.5, 0.6) is 5.75 Å². The minimum absolute atomic E-state index is 0.0718. The van der Waals surface area contributed by atoms with Gasteiger partial charge in [0.2, 0.25) is 0 Å². The lowest BCUT2D eigenvalue weighted by molar-refractivity contribution is -0.268. The molecule has 0 N–H and O–H groups in total. The van der Waals surface area contributed by atoms with E-state index in [9.17, 15) is 5.11 Å². The van der Waals surface area contributed by atoms with Crippen molar-refractivity contribution >= 4 is 12.6 Å². The lowest BCUT2D eigenvalue weighted by Crippen LogP contribution is -2.21. The molecular formula is C30H49OP. The van der Waals surface area contributed by atoms with E-state index in [1.165, 1.54) is 108 Å². The zero-order chi connectivity index (χ0) is 23.3. The van der Waals surface area contributed by atoms with E-state index < -0.39 is 7.26 Å². The van der Waals surface area contributed by atoms with Gasteiger partial charge in [-0.3, -0.25) is 0 Å². The molecule has 1 nitrogen and oxygen atoms in total. The van der Waals surface area contributed by atoms with Gasteiger partial charge in [-0.05, 0) is 50.7 Å². The second-order valence-corrected chi connectivity index (χ2v) is 13.3. The molecule has 0 saturated heterocycles. The summed E-state index contributed by atoms with van der Waals surface area (Å²) in [5.41, 5.74) is 0. The predicted octanol–water partition coefficient (Wildman–Crippen LogP) is 8.83. The summed E-state index contributed by atoms with van der Waals surface area (Å²) in [6.07, 6.45) is 21.5. The molecule has 2 heteroatoms. The van der Waals surface area contributed by atoms with E-state index in [1.54, 1.807) is 17.4 Å². The third-order valence-electron chi connectivity index (χ3n) is 6.37. The van der Waals surface area contributed by atoms with Gasteiger partial charge >= 0.3 is 0 Å². The fourth-order valence-corrected chi connectivity index (χ4v) is 9.15. The Hall–Kier alpha value is -1.33. The Labute approximate surface area is 200 Å². The van der Waals surface area contributed by atoms with Crippen LogP contribution in [0.3, 0.4) is 0 Å². The largest absolute Gasteiger partial charge is 0.872 e. The van der Waals surface area contributed by atoms with Gasteiger partial charge in [0.15, 0.2) is 0 Å². The smallest absolute Gasteiger partial charge is 0.0939 e. The first-order chi connectivity index (χ1) is 15.7. The standard InChI is InChI=1S/C24H44P.C6H6O/c1-4-7-10-16-21-25(22-17-11-8-5-2,23-18-12-9-6-3)24-19-14-13-15-20-24;7-6-4-2-1-3-5-6/h13-15,19-20H,4-12,16-18,21-23H2,1-3H3;1-5,7H/q+1;/p-1. The molecule has 2 rings (SSSR count). The maximum Gasteiger partial charge on any atom is 0.0939 e. The Morgan fingerprint density at radius 3 is 1.19 bits per heavy atom. The van der Waals surface area contributed by atoms with Gasteiger partial charge in [0.1, 0.15) is 0 Å². The van der Waals surface area contributed by atoms with E-state index in [4.69, 9.17) is 0 Å². The van der Waals surface area contributed by atoms with Crippen molar-refractivity contribution in [2.45, 2.75) is 97.8 Å². The predicted molar refractivity (Wildman–Crippen MR) is 146 cm³/mol. The molecular weight excluding hydrogens is 407 g/mol. The number of benzene rings is 2. The average molecular weight is 457 g/mol. The van der Waals surface area contributed by atoms with Crippen molar-refractivity contribution < 1.29 is 5.11 Å². The van der Waals surface area contributed by atoms with Crippen LogP contribution in [0.15, 0.2) is 60.7 Å². The van der Waals surface area contributed by atoms with Gasteiger partial charge in [-0.25, -0.2) is 0 Å². The van der Waals surface area contributed by atoms with Gasteiger partial charge in [-0.1, -0.05) is 108 Å². The van der Waals surface area contributed by atoms with Gasteiger partial charge < -0.3 is 5.11 Å². The summed E-state index contributed by atoms with van der Waals surface area (Å²) in [7, 11) is -0.969. The number of rotatable bonds is 16. The van der Waals surface area contributed by atoms with Crippen LogP contribution in [0.25, 0.3) is 0 Å². The third kappa shape index (κ3) is 12.6. The molecule has 0 amide bonds. The first-order valence-corrected chi connectivity index (χ1v) is 15.7. The van der Waals surface area contributed by atoms with Crippen LogP contribution in [0.4, 0.5) is 0 Å². The van der Waals surface area contributed by atoms with Crippen molar-refractivity contribution in [1.82, 2.24) is 0 Å². The molecule has 0 fully saturated rings. The van der Waals surface area contributed by atoms with Crippen molar-refractivity contribution in [3.05, 3.63) is 60.7 Å². The van der Waals surface area contributed by atoms with Crippen LogP contribution < -0.4 is 10.4 Å². The highest BCUT2D eigenvalue weighted by atomic mass is 31.2. The SMILES string of the molecule is CCCCCC[P+](CCCCCC)(CCCCCC)c1ccccc1.[O-]c1ccccc1. The summed E-state index contributed by atoms with van der Waals surface area (Å²) in [4.78, 5) is 0. The average Bonchev–Trinajstić information content (AvgIpc) is 2.83. The van der Waals surface area contributed by atoms with Crippen molar-refractivity contribution in [3.8, 4) is 5.75 Å². The third-order valence-corrected chi connectivity index (χ3v) is 11.3. The minimum atomic E-state index is -0.969. The molecule has 0 saturated carbocycles. The monoisotopic (exact) mass is 456 g/mol. The van der Waals surface area contributed by atoms with Gasteiger partial charge in [-0.15, -0.1) is 5.75 Å². The highest BCUT2D eigenvalue weighted by molar-refractivity contribution is 7.82. The molecule has 32 heavy (non-hydrogen) atoms. The molecule has 0 aliphatic heterocycles. The fraction of sp³-hybridized carbons (Fsp3) is 0.600. The highest BCUT2D eigenvalue weighted by Crippen LogP contribution is 2.59. The Bertz CT molecular complexity index is 609. The van der Waals surface area contributed by atoms with Crippen LogP contribution in [-0.4, -0.2) is 18.5 Å². The Kier molecular flexibility index (Phi) is 17.2. The second-order valence-electron chi connectivity index (χ2n) is 9.15. The molecule has 2 aromatic carbocycles. The fourth-order valence-electron chi connectivity index (χ4n) is 4.41. The van der Waals surface area contributed by atoms with E-state index in [2.05, 4.69) is 51.1 Å². The summed E-state index contributed by atoms with van der Waals surface area (Å²) in [6.45, 7) is 6.99. The maximum absolute atomic E-state index is 10.3. The lowest BCUT2D eigenvalue weighted by atomic mass is 10.2. The first kappa shape index (κ1) is 28.7. The van der Waals surface area contributed by atoms with E-state index in [-0.39, 0.29) is 5.75 Å². The van der Waals surface area contributed by atoms with Crippen LogP contribution in [0, 0.1) is 0 Å². The van der Waals surface area contributed by atoms with E-state index in [0.717, 1.165) is 0 Å². The van der Waals surface area contributed by atoms with Gasteiger partial charge in [0.05, 0.1) is 23.8 Å². The number of para-hydroxylation sites is 1. The molecule has 0 heterocycles. The molecule has 0 aliphatic rings. The molecule has 0 atom stereocenters. The van der Waals surface area contributed by atoms with Crippen LogP contribution in [-0.2, 0) is 0 Å². The molecule has 0 bridgehead atoms. The Morgan fingerprint density at radius 1 is 0.500 bits per heavy atom. The molecule has 0 radical (unpaired) electrons. The molecule has 0 spiro atoms. The van der Waals surface area contributed by atoms with Crippen LogP contribution in [0.2, 0.25) is 0 Å². The van der Waals surface area contributed by atoms with Crippen molar-refractivity contribution in [2.75, 3.05) is 18.5 Å². The van der Waals surface area contributed by atoms with E-state index >= 15 is 0 Å². The van der Waals surface area contributed by atoms with E-state index in [0.29, 0.717) is 0 Å². The molecule has 0 aromatic heterocycles. The molecule has 0 unspecified atom stereocenters. The van der Waals surface area contributed by atoms with Crippen LogP contribution >= 0.6 is 7.26 Å². The number of unbranched alkanes of at least 4 members (excludes halogenated alkanes) is 9. The highest BCUT2D eigenvalue weighted by Gasteiger charge is 2.38. The summed E-state index contributed by atoms with van der Waals surface area (Å²) in [5, 5.41) is 12.0. The number of hydrogen-bond acceptors (Lipinski definition) is 1. The topological polar surface area (TPSA) is 23.1 Å². The summed E-state index contributed by atoms with van der Waals surface area (Å²) < 4.78 is 0. The normalized spacial score (nSPS) is 11.1. The molecule has 2 aromatic rings. The lowest BCUT2D eigenvalue weighted by Gasteiger charge is -2.28. The second kappa shape index (κ2) is 19.2. The minimum Gasteiger partial charge on any atom is -0.872 e. The number of hydrogen-bond donors (Lipinski definition) is 0. The van der Waals surface area contributed by atoms with E-state index in [1.807, 2.05) is 6.07 Å². The van der Waals surface area contributed by atoms with Gasteiger partial charge in [0.25, 0.3) is 0 Å². The quantitative estimate of drug-likeness (QED) is 0.183. The molecule has 180 valence electrons. The van der Waals surface area contributed by atoms with Crippen LogP contribution in [0.1, 0.15) is 97.8 Å². The van der Waals surface area contributed by atoms with Crippen molar-refractivity contribution in [2.24, 2.45) is 0 Å². The zero-order valence-electron chi connectivity index (χ0n) is 21.2. The first-order valence-electron chi connectivity index (χ1n) is 13.3. The summed E-state index contributed by atoms with van der Waals surface area (Å²) >= 11 is 0. The van der Waals surface area contributed by atoms with Crippen molar-refractivity contribution in [3.63, 3.8) is 0 Å². The maximum atomic E-state index is 10.3. The van der Waals surface area contributed by atoms with Gasteiger partial charge in [-0.2, -0.15) is 0 Å². The van der Waals surface area contributed by atoms with Gasteiger partial charge in [0, 0.05) is 7.26 Å². The van der Waals surface area contributed by atoms with Crippen molar-refractivity contribution in [1.29, 1.82) is 0 Å². The molecule has 0 aliphatic carbocycles. The summed E-state index contributed by atoms with van der Waals surface area (Å²) in [5.74, 6) is 0.0718. The summed E-state index contributed by atoms with van der Waals surface area (Å²) in [6, 6.07) is 20.0. The zero-order valence-corrected chi connectivity index (χ0v) is 22.1. The Balaban J connectivity index is 0.000000616.